The third-order valence-corrected chi connectivity index (χ3v) is 3.53. The number of hydrogen-bond donors (Lipinski definition) is 2. The monoisotopic (exact) mass is 348 g/mol. The highest BCUT2D eigenvalue weighted by Crippen LogP contribution is 2.34. The van der Waals surface area contributed by atoms with E-state index in [0.29, 0.717) is 23.7 Å². The van der Waals surface area contributed by atoms with E-state index in [1.54, 1.807) is 18.2 Å². The van der Waals surface area contributed by atoms with E-state index in [0.717, 1.165) is 10.0 Å². The van der Waals surface area contributed by atoms with E-state index in [2.05, 4.69) is 26.6 Å². The fourth-order valence-electron chi connectivity index (χ4n) is 1.93. The van der Waals surface area contributed by atoms with Crippen LogP contribution in [0.4, 0.5) is 10.5 Å². The summed E-state index contributed by atoms with van der Waals surface area (Å²) in [4.78, 5) is 11.8. The number of benzene rings is 2. The summed E-state index contributed by atoms with van der Waals surface area (Å²) >= 11 is 3.37. The summed E-state index contributed by atoms with van der Waals surface area (Å²) in [6, 6.07) is 12.8. The van der Waals surface area contributed by atoms with Gasteiger partial charge in [-0.2, -0.15) is 0 Å². The lowest BCUT2D eigenvalue weighted by molar-refractivity contribution is 0.174. The third-order valence-electron chi connectivity index (χ3n) is 3.00. The summed E-state index contributed by atoms with van der Waals surface area (Å²) in [6.45, 7) is 0.679. The number of fused-ring (bicyclic) bond motifs is 1. The number of hydrogen-bond acceptors (Lipinski definition) is 3. The number of amides is 2. The van der Waals surface area contributed by atoms with Gasteiger partial charge in [0.2, 0.25) is 6.79 Å². The van der Waals surface area contributed by atoms with Crippen molar-refractivity contribution >= 4 is 27.6 Å². The van der Waals surface area contributed by atoms with E-state index in [-0.39, 0.29) is 12.8 Å². The quantitative estimate of drug-likeness (QED) is 0.892. The maximum Gasteiger partial charge on any atom is 0.319 e. The van der Waals surface area contributed by atoms with Crippen molar-refractivity contribution in [3.05, 3.63) is 52.5 Å². The van der Waals surface area contributed by atoms with Crippen molar-refractivity contribution in [2.45, 2.75) is 6.54 Å². The Morgan fingerprint density at radius 1 is 1.10 bits per heavy atom. The average Bonchev–Trinajstić information content (AvgIpc) is 2.94. The van der Waals surface area contributed by atoms with E-state index in [9.17, 15) is 4.79 Å². The molecular weight excluding hydrogens is 336 g/mol. The average molecular weight is 349 g/mol. The van der Waals surface area contributed by atoms with Crippen molar-refractivity contribution in [1.82, 2.24) is 5.32 Å². The molecule has 1 aliphatic heterocycles. The third kappa shape index (κ3) is 3.46. The summed E-state index contributed by atoms with van der Waals surface area (Å²) < 4.78 is 11.5. The van der Waals surface area contributed by atoms with E-state index in [1.165, 1.54) is 0 Å². The Bertz CT molecular complexity index is 658. The minimum absolute atomic E-state index is 0.217. The molecule has 0 spiro atoms. The number of halogens is 1. The Morgan fingerprint density at radius 3 is 2.67 bits per heavy atom. The Morgan fingerprint density at radius 2 is 1.86 bits per heavy atom. The van der Waals surface area contributed by atoms with Gasteiger partial charge in [0.25, 0.3) is 0 Å². The lowest BCUT2D eigenvalue weighted by Crippen LogP contribution is -2.28. The lowest BCUT2D eigenvalue weighted by atomic mass is 10.2. The molecule has 2 aromatic carbocycles. The summed E-state index contributed by atoms with van der Waals surface area (Å²) in [7, 11) is 0. The molecule has 108 valence electrons. The van der Waals surface area contributed by atoms with Crippen LogP contribution in [0, 0.1) is 0 Å². The van der Waals surface area contributed by atoms with Gasteiger partial charge in [0, 0.05) is 22.8 Å². The Hall–Kier alpha value is -2.21. The van der Waals surface area contributed by atoms with Crippen LogP contribution >= 0.6 is 15.9 Å². The first-order valence-electron chi connectivity index (χ1n) is 6.40. The molecule has 0 aromatic heterocycles. The zero-order chi connectivity index (χ0) is 14.7. The van der Waals surface area contributed by atoms with Crippen molar-refractivity contribution in [3.8, 4) is 11.5 Å². The first-order chi connectivity index (χ1) is 10.2. The molecule has 0 fully saturated rings. The van der Waals surface area contributed by atoms with Crippen molar-refractivity contribution in [2.75, 3.05) is 12.1 Å². The predicted molar refractivity (Wildman–Crippen MR) is 82.6 cm³/mol. The van der Waals surface area contributed by atoms with Crippen LogP contribution in [0.15, 0.2) is 46.9 Å². The second-order valence-electron chi connectivity index (χ2n) is 4.50. The zero-order valence-electron chi connectivity index (χ0n) is 11.1. The minimum atomic E-state index is -0.267. The van der Waals surface area contributed by atoms with E-state index >= 15 is 0 Å². The topological polar surface area (TPSA) is 59.6 Å². The Balaban J connectivity index is 1.55. The van der Waals surface area contributed by atoms with Crippen LogP contribution in [0.5, 0.6) is 11.5 Å². The highest BCUT2D eigenvalue weighted by atomic mass is 79.9. The molecule has 2 aromatic rings. The van der Waals surface area contributed by atoms with Gasteiger partial charge in [0.15, 0.2) is 11.5 Å². The maximum absolute atomic E-state index is 11.8. The zero-order valence-corrected chi connectivity index (χ0v) is 12.6. The van der Waals surface area contributed by atoms with Crippen molar-refractivity contribution in [1.29, 1.82) is 0 Å². The van der Waals surface area contributed by atoms with Crippen LogP contribution in [0.3, 0.4) is 0 Å². The highest BCUT2D eigenvalue weighted by molar-refractivity contribution is 9.10. The molecule has 1 aliphatic rings. The number of carbonyl (C=O) groups excluding carboxylic acids is 1. The molecule has 21 heavy (non-hydrogen) atoms. The standard InChI is InChI=1S/C15H13BrN2O3/c16-11-3-1-10(2-4-11)8-17-15(19)18-12-5-6-13-14(7-12)21-9-20-13/h1-7H,8-9H2,(H2,17,18,19). The number of rotatable bonds is 3. The molecule has 0 saturated heterocycles. The lowest BCUT2D eigenvalue weighted by Gasteiger charge is -2.08. The molecule has 0 unspecified atom stereocenters. The van der Waals surface area contributed by atoms with Crippen molar-refractivity contribution in [2.24, 2.45) is 0 Å². The van der Waals surface area contributed by atoms with Gasteiger partial charge in [-0.25, -0.2) is 4.79 Å². The second-order valence-corrected chi connectivity index (χ2v) is 5.42. The molecule has 0 saturated carbocycles. The molecule has 2 amide bonds. The predicted octanol–water partition coefficient (Wildman–Crippen LogP) is 3.50. The minimum Gasteiger partial charge on any atom is -0.454 e. The van der Waals surface area contributed by atoms with E-state index in [4.69, 9.17) is 9.47 Å². The van der Waals surface area contributed by atoms with Gasteiger partial charge in [0.05, 0.1) is 0 Å². The summed E-state index contributed by atoms with van der Waals surface area (Å²) in [5, 5.41) is 5.56. The van der Waals surface area contributed by atoms with Gasteiger partial charge in [-0.05, 0) is 29.8 Å². The maximum atomic E-state index is 11.8. The molecule has 5 nitrogen and oxygen atoms in total. The Kier molecular flexibility index (Phi) is 3.96. The molecule has 0 radical (unpaired) electrons. The van der Waals surface area contributed by atoms with Crippen LogP contribution in [-0.4, -0.2) is 12.8 Å². The van der Waals surface area contributed by atoms with Gasteiger partial charge in [-0.3, -0.25) is 0 Å². The largest absolute Gasteiger partial charge is 0.454 e. The number of carbonyl (C=O) groups is 1. The SMILES string of the molecule is O=C(NCc1ccc(Br)cc1)Nc1ccc2c(c1)OCO2. The van der Waals surface area contributed by atoms with Crippen LogP contribution in [0.1, 0.15) is 5.56 Å². The summed E-state index contributed by atoms with van der Waals surface area (Å²) in [5.74, 6) is 1.33. The van der Waals surface area contributed by atoms with Crippen molar-refractivity contribution < 1.29 is 14.3 Å². The highest BCUT2D eigenvalue weighted by Gasteiger charge is 2.13. The molecule has 0 atom stereocenters. The first kappa shape index (κ1) is 13.8. The normalized spacial score (nSPS) is 12.0. The number of nitrogens with one attached hydrogen (secondary N) is 2. The van der Waals surface area contributed by atoms with Crippen LogP contribution in [-0.2, 0) is 6.54 Å². The molecule has 0 bridgehead atoms. The molecule has 3 rings (SSSR count). The number of urea groups is 1. The molecule has 0 aliphatic carbocycles. The molecule has 1 heterocycles. The molecule has 2 N–H and O–H groups in total. The molecular formula is C15H13BrN2O3. The first-order valence-corrected chi connectivity index (χ1v) is 7.19. The second kappa shape index (κ2) is 6.05. The van der Waals surface area contributed by atoms with Crippen LogP contribution in [0.25, 0.3) is 0 Å². The van der Waals surface area contributed by atoms with Gasteiger partial charge in [0.1, 0.15) is 0 Å². The molecule has 6 heteroatoms. The fourth-order valence-corrected chi connectivity index (χ4v) is 2.20. The number of ether oxygens (including phenoxy) is 2. The van der Waals surface area contributed by atoms with Crippen molar-refractivity contribution in [3.63, 3.8) is 0 Å². The fraction of sp³-hybridized carbons (Fsp3) is 0.133. The van der Waals surface area contributed by atoms with Crippen LogP contribution in [0.2, 0.25) is 0 Å². The summed E-state index contributed by atoms with van der Waals surface area (Å²) in [6.07, 6.45) is 0. The van der Waals surface area contributed by atoms with Gasteiger partial charge >= 0.3 is 6.03 Å². The van der Waals surface area contributed by atoms with Gasteiger partial charge < -0.3 is 20.1 Å². The van der Waals surface area contributed by atoms with Crippen LogP contribution < -0.4 is 20.1 Å². The Labute approximate surface area is 130 Å². The smallest absolute Gasteiger partial charge is 0.319 e. The summed E-state index contributed by atoms with van der Waals surface area (Å²) in [5.41, 5.74) is 1.69. The number of anilines is 1. The van der Waals surface area contributed by atoms with Gasteiger partial charge in [-0.1, -0.05) is 28.1 Å². The van der Waals surface area contributed by atoms with E-state index < -0.39 is 0 Å². The van der Waals surface area contributed by atoms with E-state index in [1.807, 2.05) is 24.3 Å². The van der Waals surface area contributed by atoms with Gasteiger partial charge in [-0.15, -0.1) is 0 Å².